The number of benzene rings is 1. The van der Waals surface area contributed by atoms with Crippen LogP contribution >= 0.6 is 0 Å². The first-order valence-electron chi connectivity index (χ1n) is 7.22. The van der Waals surface area contributed by atoms with Gasteiger partial charge in [-0.1, -0.05) is 6.07 Å². The minimum Gasteiger partial charge on any atom is -0.346 e. The number of pyridine rings is 1. The van der Waals surface area contributed by atoms with Crippen molar-refractivity contribution < 1.29 is 4.79 Å². The first kappa shape index (κ1) is 14.9. The predicted octanol–water partition coefficient (Wildman–Crippen LogP) is 1.57. The van der Waals surface area contributed by atoms with Crippen LogP contribution in [-0.4, -0.2) is 20.4 Å². The molecule has 0 aliphatic heterocycles. The lowest BCUT2D eigenvalue weighted by molar-refractivity contribution is 0.0950. The molecule has 0 aliphatic carbocycles. The Balaban J connectivity index is 1.87. The van der Waals surface area contributed by atoms with Crippen LogP contribution in [-0.2, 0) is 13.6 Å². The van der Waals surface area contributed by atoms with Crippen molar-refractivity contribution in [3.8, 4) is 0 Å². The van der Waals surface area contributed by atoms with E-state index >= 15 is 0 Å². The van der Waals surface area contributed by atoms with Gasteiger partial charge in [0.25, 0.3) is 11.5 Å². The Hall–Kier alpha value is -3.02. The lowest BCUT2D eigenvalue weighted by atomic mass is 10.1. The first-order valence-corrected chi connectivity index (χ1v) is 7.22. The highest BCUT2D eigenvalue weighted by atomic mass is 16.1. The van der Waals surface area contributed by atoms with Crippen LogP contribution in [0.3, 0.4) is 0 Å². The summed E-state index contributed by atoms with van der Waals surface area (Å²) in [6.45, 7) is 2.02. The van der Waals surface area contributed by atoms with Crippen LogP contribution in [0.1, 0.15) is 21.7 Å². The zero-order chi connectivity index (χ0) is 16.4. The summed E-state index contributed by atoms with van der Waals surface area (Å²) in [5, 5.41) is 2.82. The van der Waals surface area contributed by atoms with Crippen LogP contribution in [0.15, 0.2) is 47.4 Å². The van der Waals surface area contributed by atoms with E-state index < -0.39 is 0 Å². The smallest absolute Gasteiger partial charge is 0.272 e. The van der Waals surface area contributed by atoms with E-state index in [4.69, 9.17) is 0 Å². The number of carbonyl (C=O) groups is 1. The number of aryl methyl sites for hydroxylation is 2. The van der Waals surface area contributed by atoms with Crippen molar-refractivity contribution in [2.75, 3.05) is 0 Å². The third-order valence-electron chi connectivity index (χ3n) is 3.66. The lowest BCUT2D eigenvalue weighted by Gasteiger charge is -2.08. The standard InChI is InChI=1S/C17H16N4O2/c1-11-17(23)21(2)15-7-6-12(9-14(15)20-11)16(22)19-10-13-5-3-4-8-18-13/h3-9H,10H2,1-2H3,(H,19,22). The predicted molar refractivity (Wildman–Crippen MR) is 87.1 cm³/mol. The molecule has 6 heteroatoms. The molecule has 3 aromatic rings. The second-order valence-electron chi connectivity index (χ2n) is 5.27. The maximum Gasteiger partial charge on any atom is 0.272 e. The molecule has 0 bridgehead atoms. The molecular weight excluding hydrogens is 292 g/mol. The summed E-state index contributed by atoms with van der Waals surface area (Å²) in [7, 11) is 1.69. The number of aromatic nitrogens is 3. The number of hydrogen-bond donors (Lipinski definition) is 1. The summed E-state index contributed by atoms with van der Waals surface area (Å²) in [6.07, 6.45) is 1.69. The number of carbonyl (C=O) groups excluding carboxylic acids is 1. The first-order chi connectivity index (χ1) is 11.1. The van der Waals surface area contributed by atoms with Gasteiger partial charge in [0.15, 0.2) is 0 Å². The molecule has 6 nitrogen and oxygen atoms in total. The summed E-state index contributed by atoms with van der Waals surface area (Å²) < 4.78 is 1.53. The van der Waals surface area contributed by atoms with Gasteiger partial charge < -0.3 is 9.88 Å². The Kier molecular flexibility index (Phi) is 3.89. The van der Waals surface area contributed by atoms with Crippen molar-refractivity contribution in [3.63, 3.8) is 0 Å². The highest BCUT2D eigenvalue weighted by Gasteiger charge is 2.10. The molecule has 0 saturated carbocycles. The van der Waals surface area contributed by atoms with Crippen LogP contribution in [0.25, 0.3) is 11.0 Å². The fourth-order valence-electron chi connectivity index (χ4n) is 2.39. The van der Waals surface area contributed by atoms with E-state index in [1.54, 1.807) is 38.4 Å². The fraction of sp³-hybridized carbons (Fsp3) is 0.176. The second kappa shape index (κ2) is 6.00. The van der Waals surface area contributed by atoms with Gasteiger partial charge in [0.05, 0.1) is 23.3 Å². The van der Waals surface area contributed by atoms with E-state index in [1.807, 2.05) is 18.2 Å². The van der Waals surface area contributed by atoms with Gasteiger partial charge in [-0.25, -0.2) is 4.98 Å². The maximum absolute atomic E-state index is 12.3. The molecule has 23 heavy (non-hydrogen) atoms. The van der Waals surface area contributed by atoms with Crippen molar-refractivity contribution in [1.82, 2.24) is 19.9 Å². The maximum atomic E-state index is 12.3. The van der Waals surface area contributed by atoms with Gasteiger partial charge in [-0.15, -0.1) is 0 Å². The van der Waals surface area contributed by atoms with Crippen LogP contribution in [0.2, 0.25) is 0 Å². The number of amides is 1. The molecular formula is C17H16N4O2. The Labute approximate surface area is 132 Å². The molecule has 0 saturated heterocycles. The molecule has 2 aromatic heterocycles. The van der Waals surface area contributed by atoms with E-state index in [2.05, 4.69) is 15.3 Å². The van der Waals surface area contributed by atoms with E-state index in [-0.39, 0.29) is 11.5 Å². The molecule has 3 rings (SSSR count). The molecule has 0 aliphatic rings. The Bertz CT molecular complexity index is 932. The lowest BCUT2D eigenvalue weighted by Crippen LogP contribution is -2.24. The van der Waals surface area contributed by atoms with Gasteiger partial charge in [0.1, 0.15) is 5.69 Å². The van der Waals surface area contributed by atoms with Gasteiger partial charge in [-0.3, -0.25) is 14.6 Å². The quantitative estimate of drug-likeness (QED) is 0.796. The van der Waals surface area contributed by atoms with Crippen molar-refractivity contribution >= 4 is 16.9 Å². The molecule has 1 N–H and O–H groups in total. The van der Waals surface area contributed by atoms with Gasteiger partial charge in [-0.2, -0.15) is 0 Å². The van der Waals surface area contributed by atoms with Gasteiger partial charge in [0.2, 0.25) is 0 Å². The molecule has 1 aromatic carbocycles. The number of hydrogen-bond acceptors (Lipinski definition) is 4. The highest BCUT2D eigenvalue weighted by Crippen LogP contribution is 2.12. The second-order valence-corrected chi connectivity index (χ2v) is 5.27. The van der Waals surface area contributed by atoms with Crippen LogP contribution in [0.4, 0.5) is 0 Å². The number of nitrogens with one attached hydrogen (secondary N) is 1. The summed E-state index contributed by atoms with van der Waals surface area (Å²) in [5.41, 5.74) is 2.88. The van der Waals surface area contributed by atoms with Crippen LogP contribution in [0, 0.1) is 6.92 Å². The molecule has 116 valence electrons. The monoisotopic (exact) mass is 308 g/mol. The molecule has 0 radical (unpaired) electrons. The average molecular weight is 308 g/mol. The van der Waals surface area contributed by atoms with Crippen molar-refractivity contribution in [2.24, 2.45) is 7.05 Å². The average Bonchev–Trinajstić information content (AvgIpc) is 2.58. The largest absolute Gasteiger partial charge is 0.346 e. The van der Waals surface area contributed by atoms with Crippen molar-refractivity contribution in [3.05, 3.63) is 69.9 Å². The summed E-state index contributed by atoms with van der Waals surface area (Å²) in [5.74, 6) is -0.203. The molecule has 2 heterocycles. The van der Waals surface area contributed by atoms with E-state index in [0.29, 0.717) is 28.8 Å². The summed E-state index contributed by atoms with van der Waals surface area (Å²) >= 11 is 0. The summed E-state index contributed by atoms with van der Waals surface area (Å²) in [6, 6.07) is 10.7. The number of nitrogens with zero attached hydrogens (tertiary/aromatic N) is 3. The minimum atomic E-state index is -0.203. The Morgan fingerprint density at radius 3 is 2.83 bits per heavy atom. The van der Waals surface area contributed by atoms with E-state index in [9.17, 15) is 9.59 Å². The third kappa shape index (κ3) is 2.96. The van der Waals surface area contributed by atoms with Crippen LogP contribution < -0.4 is 10.9 Å². The van der Waals surface area contributed by atoms with Gasteiger partial charge in [-0.05, 0) is 37.3 Å². The number of rotatable bonds is 3. The van der Waals surface area contributed by atoms with E-state index in [0.717, 1.165) is 5.69 Å². The zero-order valence-corrected chi connectivity index (χ0v) is 12.9. The molecule has 0 spiro atoms. The van der Waals surface area contributed by atoms with Gasteiger partial charge >= 0.3 is 0 Å². The van der Waals surface area contributed by atoms with Gasteiger partial charge in [0, 0.05) is 18.8 Å². The number of fused-ring (bicyclic) bond motifs is 1. The minimum absolute atomic E-state index is 0.134. The van der Waals surface area contributed by atoms with Crippen LogP contribution in [0.5, 0.6) is 0 Å². The van der Waals surface area contributed by atoms with E-state index in [1.165, 1.54) is 4.57 Å². The van der Waals surface area contributed by atoms with Crippen molar-refractivity contribution in [2.45, 2.75) is 13.5 Å². The SMILES string of the molecule is Cc1nc2cc(C(=O)NCc3ccccn3)ccc2n(C)c1=O. The molecule has 1 amide bonds. The fourth-order valence-corrected chi connectivity index (χ4v) is 2.39. The molecule has 0 atom stereocenters. The normalized spacial score (nSPS) is 10.7. The molecule has 0 fully saturated rings. The zero-order valence-electron chi connectivity index (χ0n) is 12.9. The summed E-state index contributed by atoms with van der Waals surface area (Å²) in [4.78, 5) is 32.6. The Morgan fingerprint density at radius 1 is 1.26 bits per heavy atom. The Morgan fingerprint density at radius 2 is 2.09 bits per heavy atom. The third-order valence-corrected chi connectivity index (χ3v) is 3.66. The highest BCUT2D eigenvalue weighted by molar-refractivity contribution is 5.97. The van der Waals surface area contributed by atoms with Crippen molar-refractivity contribution in [1.29, 1.82) is 0 Å². The molecule has 0 unspecified atom stereocenters. The topological polar surface area (TPSA) is 76.9 Å².